The first-order valence-electron chi connectivity index (χ1n) is 11.9. The van der Waals surface area contributed by atoms with E-state index in [1.165, 1.54) is 43.1 Å². The molecule has 2 aliphatic rings. The summed E-state index contributed by atoms with van der Waals surface area (Å²) >= 11 is 8.29. The van der Waals surface area contributed by atoms with Gasteiger partial charge in [0.2, 0.25) is 11.8 Å². The first-order valence-corrected chi connectivity index (χ1v) is 14.0. The Balaban J connectivity index is 1.37. The maximum Gasteiger partial charge on any atom is 0.305 e. The van der Waals surface area contributed by atoms with Crippen LogP contribution in [-0.2, 0) is 16.2 Å². The number of hydrogen-bond acceptors (Lipinski definition) is 7. The van der Waals surface area contributed by atoms with Gasteiger partial charge in [0, 0.05) is 15.8 Å². The van der Waals surface area contributed by atoms with Gasteiger partial charge in [-0.15, -0.1) is 0 Å². The number of amides is 2. The van der Waals surface area contributed by atoms with Gasteiger partial charge in [0.15, 0.2) is 11.5 Å². The second kappa shape index (κ2) is 10.2. The number of fused-ring (bicyclic) bond motifs is 2. The van der Waals surface area contributed by atoms with Gasteiger partial charge >= 0.3 is 4.87 Å². The number of thiazole rings is 1. The molecular formula is C28H20ClFN2O5S2. The summed E-state index contributed by atoms with van der Waals surface area (Å²) in [5, 5.41) is 0.420. The first kappa shape index (κ1) is 25.7. The van der Waals surface area contributed by atoms with E-state index < -0.39 is 34.7 Å². The summed E-state index contributed by atoms with van der Waals surface area (Å²) in [7, 11) is 1.52. The molecule has 3 heterocycles. The lowest BCUT2D eigenvalue weighted by atomic mass is 9.83. The average molecular weight is 583 g/mol. The number of hydrogen-bond donors (Lipinski definition) is 1. The molecule has 0 radical (unpaired) electrons. The zero-order valence-corrected chi connectivity index (χ0v) is 22.7. The van der Waals surface area contributed by atoms with Crippen molar-refractivity contribution in [2.24, 2.45) is 5.92 Å². The highest BCUT2D eigenvalue weighted by atomic mass is 35.5. The van der Waals surface area contributed by atoms with Crippen molar-refractivity contribution < 1.29 is 23.5 Å². The molecule has 39 heavy (non-hydrogen) atoms. The molecule has 4 aromatic rings. The van der Waals surface area contributed by atoms with Crippen molar-refractivity contribution >= 4 is 52.2 Å². The molecule has 1 fully saturated rings. The third-order valence-electron chi connectivity index (χ3n) is 6.74. The molecule has 0 unspecified atom stereocenters. The third kappa shape index (κ3) is 4.62. The molecular weight excluding hydrogens is 563 g/mol. The van der Waals surface area contributed by atoms with Gasteiger partial charge in [0.1, 0.15) is 17.7 Å². The Morgan fingerprint density at radius 1 is 1.00 bits per heavy atom. The molecule has 1 N–H and O–H groups in total. The van der Waals surface area contributed by atoms with Crippen LogP contribution in [0.1, 0.15) is 21.9 Å². The quantitative estimate of drug-likeness (QED) is 0.297. The van der Waals surface area contributed by atoms with E-state index in [4.69, 9.17) is 21.1 Å². The van der Waals surface area contributed by atoms with Crippen molar-refractivity contribution in [3.05, 3.63) is 103 Å². The van der Waals surface area contributed by atoms with Crippen LogP contribution < -0.4 is 19.2 Å². The number of aromatic amines is 1. The monoisotopic (exact) mass is 582 g/mol. The van der Waals surface area contributed by atoms with Gasteiger partial charge < -0.3 is 14.5 Å². The lowest BCUT2D eigenvalue weighted by Crippen LogP contribution is -2.32. The summed E-state index contributed by atoms with van der Waals surface area (Å²) in [6, 6.07) is 17.9. The number of carbonyl (C=O) groups is 2. The standard InChI is InChI=1S/C28H20ClFN2O5S2/c1-36-20-12-15(5-10-19(20)37-13-14-3-2-4-16(29)11-14)21-22-24(38-25-23(21)39-28(35)31-25)27(34)32(26(22)33)18-8-6-17(30)7-9-18/h2-12,21-22,24H,13H2,1H3,(H,31,35)/t21-,22-,24+/m0/s1. The summed E-state index contributed by atoms with van der Waals surface area (Å²) in [6.07, 6.45) is 0. The Morgan fingerprint density at radius 2 is 1.79 bits per heavy atom. The zero-order valence-electron chi connectivity index (χ0n) is 20.4. The fourth-order valence-corrected chi connectivity index (χ4v) is 7.73. The van der Waals surface area contributed by atoms with Crippen LogP contribution in [0.5, 0.6) is 11.5 Å². The minimum absolute atomic E-state index is 0.263. The number of benzene rings is 3. The number of nitrogens with one attached hydrogen (secondary N) is 1. The largest absolute Gasteiger partial charge is 0.493 e. The molecule has 0 aliphatic carbocycles. The maximum atomic E-state index is 13.8. The normalized spacial score (nSPS) is 20.1. The number of methoxy groups -OCH3 is 1. The van der Waals surface area contributed by atoms with Gasteiger partial charge in [-0.05, 0) is 59.7 Å². The molecule has 3 aromatic carbocycles. The predicted octanol–water partition coefficient (Wildman–Crippen LogP) is 5.61. The van der Waals surface area contributed by atoms with Gasteiger partial charge in [-0.2, -0.15) is 0 Å². The van der Waals surface area contributed by atoms with Crippen LogP contribution >= 0.6 is 34.7 Å². The molecule has 1 aromatic heterocycles. The molecule has 3 atom stereocenters. The van der Waals surface area contributed by atoms with E-state index in [1.807, 2.05) is 24.3 Å². The maximum absolute atomic E-state index is 13.8. The number of halogens is 2. The highest BCUT2D eigenvalue weighted by Crippen LogP contribution is 2.53. The highest BCUT2D eigenvalue weighted by Gasteiger charge is 2.56. The summed E-state index contributed by atoms with van der Waals surface area (Å²) in [5.41, 5.74) is 1.90. The van der Waals surface area contributed by atoms with E-state index in [0.29, 0.717) is 37.7 Å². The zero-order chi connectivity index (χ0) is 27.3. The Kier molecular flexibility index (Phi) is 6.70. The number of rotatable bonds is 6. The molecule has 6 rings (SSSR count). The van der Waals surface area contributed by atoms with Gasteiger partial charge in [-0.1, -0.05) is 52.9 Å². The van der Waals surface area contributed by atoms with Crippen LogP contribution in [0.2, 0.25) is 5.02 Å². The Morgan fingerprint density at radius 3 is 2.54 bits per heavy atom. The number of ether oxygens (including phenoxy) is 2. The Labute approximate surface area is 235 Å². The van der Waals surface area contributed by atoms with E-state index in [9.17, 15) is 18.8 Å². The minimum Gasteiger partial charge on any atom is -0.493 e. The van der Waals surface area contributed by atoms with E-state index in [1.54, 1.807) is 18.2 Å². The third-order valence-corrected chi connectivity index (χ3v) is 9.38. The summed E-state index contributed by atoms with van der Waals surface area (Å²) in [5.74, 6) is -1.68. The molecule has 0 spiro atoms. The fourth-order valence-electron chi connectivity index (χ4n) is 5.01. The van der Waals surface area contributed by atoms with Crippen molar-refractivity contribution in [2.75, 3.05) is 12.0 Å². The van der Waals surface area contributed by atoms with Crippen LogP contribution in [0.15, 0.2) is 76.6 Å². The van der Waals surface area contributed by atoms with Crippen LogP contribution in [0, 0.1) is 11.7 Å². The number of H-pyrrole nitrogens is 1. The lowest BCUT2D eigenvalue weighted by molar-refractivity contribution is -0.122. The highest BCUT2D eigenvalue weighted by molar-refractivity contribution is 8.00. The first-order chi connectivity index (χ1) is 18.8. The van der Waals surface area contributed by atoms with E-state index in [2.05, 4.69) is 4.98 Å². The molecule has 7 nitrogen and oxygen atoms in total. The molecule has 11 heteroatoms. The van der Waals surface area contributed by atoms with Crippen LogP contribution in [0.3, 0.4) is 0 Å². The molecule has 198 valence electrons. The average Bonchev–Trinajstić information content (AvgIpc) is 3.42. The predicted molar refractivity (Wildman–Crippen MR) is 148 cm³/mol. The molecule has 0 bridgehead atoms. The summed E-state index contributed by atoms with van der Waals surface area (Å²) < 4.78 is 25.2. The van der Waals surface area contributed by atoms with Gasteiger partial charge in [-0.3, -0.25) is 14.4 Å². The second-order valence-corrected chi connectivity index (χ2v) is 11.7. The Hall–Kier alpha value is -3.60. The summed E-state index contributed by atoms with van der Waals surface area (Å²) in [6.45, 7) is 0.268. The number of imide groups is 1. The number of aromatic nitrogens is 1. The van der Waals surface area contributed by atoms with Crippen molar-refractivity contribution in [1.82, 2.24) is 4.98 Å². The second-order valence-electron chi connectivity index (χ2n) is 9.07. The molecule has 1 saturated heterocycles. The summed E-state index contributed by atoms with van der Waals surface area (Å²) in [4.78, 5) is 44.0. The number of carbonyl (C=O) groups excluding carboxylic acids is 2. The topological polar surface area (TPSA) is 88.7 Å². The van der Waals surface area contributed by atoms with Crippen molar-refractivity contribution in [3.63, 3.8) is 0 Å². The lowest BCUT2D eigenvalue weighted by Gasteiger charge is -2.30. The number of anilines is 1. The van der Waals surface area contributed by atoms with E-state index in [-0.39, 0.29) is 11.5 Å². The van der Waals surface area contributed by atoms with Crippen molar-refractivity contribution in [1.29, 1.82) is 0 Å². The molecule has 2 amide bonds. The van der Waals surface area contributed by atoms with Crippen LogP contribution in [0.25, 0.3) is 0 Å². The number of thioether (sulfide) groups is 1. The minimum atomic E-state index is -0.769. The Bertz CT molecular complexity index is 1650. The van der Waals surface area contributed by atoms with Gasteiger partial charge in [0.25, 0.3) is 0 Å². The smallest absolute Gasteiger partial charge is 0.305 e. The van der Waals surface area contributed by atoms with Crippen molar-refractivity contribution in [3.8, 4) is 11.5 Å². The van der Waals surface area contributed by atoms with Crippen LogP contribution in [0.4, 0.5) is 10.1 Å². The van der Waals surface area contributed by atoms with Gasteiger partial charge in [-0.25, -0.2) is 9.29 Å². The SMILES string of the molecule is COc1cc([C@@H]2c3sc(=O)[nH]c3S[C@H]3C(=O)N(c4ccc(F)cc4)C(=O)[C@@H]23)ccc1OCc1cccc(Cl)c1. The van der Waals surface area contributed by atoms with Gasteiger partial charge in [0.05, 0.1) is 23.7 Å². The molecule has 0 saturated carbocycles. The van der Waals surface area contributed by atoms with Crippen molar-refractivity contribution in [2.45, 2.75) is 22.8 Å². The van der Waals surface area contributed by atoms with Crippen LogP contribution in [-0.4, -0.2) is 29.2 Å². The number of nitrogens with zero attached hydrogens (tertiary/aromatic N) is 1. The van der Waals surface area contributed by atoms with E-state index >= 15 is 0 Å². The van der Waals surface area contributed by atoms with E-state index in [0.717, 1.165) is 21.8 Å². The molecule has 2 aliphatic heterocycles. The fraction of sp³-hybridized carbons (Fsp3) is 0.179.